The lowest BCUT2D eigenvalue weighted by molar-refractivity contribution is -0.130. The van der Waals surface area contributed by atoms with Crippen molar-refractivity contribution in [3.8, 4) is 0 Å². The second kappa shape index (κ2) is 5.46. The monoisotopic (exact) mass is 229 g/mol. The molecule has 16 heavy (non-hydrogen) atoms. The first-order valence-electron chi connectivity index (χ1n) is 6.74. The molecule has 0 aromatic carbocycles. The van der Waals surface area contributed by atoms with Crippen molar-refractivity contribution in [1.82, 2.24) is 5.32 Å². The summed E-state index contributed by atoms with van der Waals surface area (Å²) >= 11 is 0. The summed E-state index contributed by atoms with van der Waals surface area (Å²) in [6.45, 7) is 3.51. The van der Waals surface area contributed by atoms with Gasteiger partial charge in [0.1, 0.15) is 0 Å². The second-order valence-electron chi connectivity index (χ2n) is 5.17. The van der Waals surface area contributed by atoms with Gasteiger partial charge in [-0.2, -0.15) is 0 Å². The van der Waals surface area contributed by atoms with Crippen LogP contribution in [0, 0.1) is 5.41 Å². The Morgan fingerprint density at radius 1 is 1.38 bits per heavy atom. The molecule has 0 aromatic heterocycles. The zero-order valence-corrected chi connectivity index (χ0v) is 10.3. The number of rotatable bonds is 6. The highest BCUT2D eigenvalue weighted by Gasteiger charge is 2.56. The molecule has 2 fully saturated rings. The van der Waals surface area contributed by atoms with Crippen molar-refractivity contribution in [2.75, 3.05) is 19.8 Å². The Kier molecular flexibility index (Phi) is 4.20. The molecule has 2 atom stereocenters. The Bertz CT molecular complexity index is 214. The van der Waals surface area contributed by atoms with E-state index in [2.05, 4.69) is 12.2 Å². The fourth-order valence-electron chi connectivity index (χ4n) is 3.52. The van der Waals surface area contributed by atoms with E-state index in [9.17, 15) is 4.39 Å². The van der Waals surface area contributed by atoms with Gasteiger partial charge in [0.15, 0.2) is 0 Å². The van der Waals surface area contributed by atoms with Gasteiger partial charge in [-0.3, -0.25) is 4.39 Å². The molecule has 1 N–H and O–H groups in total. The van der Waals surface area contributed by atoms with Crippen LogP contribution in [0.25, 0.3) is 0 Å². The van der Waals surface area contributed by atoms with Crippen LogP contribution in [0.1, 0.15) is 45.4 Å². The molecule has 0 radical (unpaired) electrons. The van der Waals surface area contributed by atoms with E-state index in [4.69, 9.17) is 4.74 Å². The molecule has 2 saturated carbocycles. The van der Waals surface area contributed by atoms with Crippen molar-refractivity contribution >= 4 is 0 Å². The maximum atomic E-state index is 12.1. The molecular formula is C13H24FNO. The topological polar surface area (TPSA) is 21.3 Å². The van der Waals surface area contributed by atoms with Crippen LogP contribution in [0.15, 0.2) is 0 Å². The summed E-state index contributed by atoms with van der Waals surface area (Å²) in [7, 11) is 0. The highest BCUT2D eigenvalue weighted by atomic mass is 19.1. The van der Waals surface area contributed by atoms with Crippen molar-refractivity contribution in [2.24, 2.45) is 5.41 Å². The number of nitrogens with one attached hydrogen (secondary N) is 1. The van der Waals surface area contributed by atoms with E-state index < -0.39 is 0 Å². The maximum absolute atomic E-state index is 12.1. The first-order chi connectivity index (χ1) is 7.83. The van der Waals surface area contributed by atoms with Crippen LogP contribution in [0.2, 0.25) is 0 Å². The Morgan fingerprint density at radius 2 is 2.12 bits per heavy atom. The normalized spacial score (nSPS) is 31.9. The minimum absolute atomic E-state index is 0.207. The maximum Gasteiger partial charge on any atom is 0.0906 e. The van der Waals surface area contributed by atoms with Gasteiger partial charge in [-0.1, -0.05) is 12.8 Å². The van der Waals surface area contributed by atoms with Crippen molar-refractivity contribution < 1.29 is 9.13 Å². The fourth-order valence-corrected chi connectivity index (χ4v) is 3.52. The molecule has 2 aliphatic carbocycles. The Labute approximate surface area is 97.9 Å². The van der Waals surface area contributed by atoms with Crippen LogP contribution >= 0.6 is 0 Å². The third kappa shape index (κ3) is 2.12. The average molecular weight is 229 g/mol. The van der Waals surface area contributed by atoms with E-state index in [1.807, 2.05) is 0 Å². The number of ether oxygens (including phenoxy) is 1. The third-order valence-electron chi connectivity index (χ3n) is 4.39. The zero-order valence-electron chi connectivity index (χ0n) is 10.3. The van der Waals surface area contributed by atoms with E-state index in [0.717, 1.165) is 19.6 Å². The number of alkyl halides is 1. The van der Waals surface area contributed by atoms with Crippen LogP contribution in [0.5, 0.6) is 0 Å². The summed E-state index contributed by atoms with van der Waals surface area (Å²) in [5.41, 5.74) is 0.395. The lowest BCUT2D eigenvalue weighted by atomic mass is 9.60. The fraction of sp³-hybridized carbons (Fsp3) is 1.00. The molecule has 0 heterocycles. The quantitative estimate of drug-likeness (QED) is 0.707. The number of hydrogen-bond acceptors (Lipinski definition) is 2. The smallest absolute Gasteiger partial charge is 0.0906 e. The van der Waals surface area contributed by atoms with Crippen LogP contribution in [0.4, 0.5) is 4.39 Å². The lowest BCUT2D eigenvalue weighted by Gasteiger charge is -2.54. The molecule has 0 bridgehead atoms. The number of hydrogen-bond donors (Lipinski definition) is 1. The van der Waals surface area contributed by atoms with Gasteiger partial charge in [-0.15, -0.1) is 0 Å². The zero-order chi connectivity index (χ0) is 11.4. The molecule has 94 valence electrons. The van der Waals surface area contributed by atoms with Gasteiger partial charge < -0.3 is 10.1 Å². The van der Waals surface area contributed by atoms with Gasteiger partial charge in [0.05, 0.1) is 12.8 Å². The SMILES string of the molecule is CCOC1CC(NCCCF)C12CCCC2. The van der Waals surface area contributed by atoms with Crippen LogP contribution in [-0.4, -0.2) is 32.0 Å². The molecule has 0 saturated heterocycles. The Morgan fingerprint density at radius 3 is 2.75 bits per heavy atom. The molecule has 2 unspecified atom stereocenters. The minimum atomic E-state index is -0.207. The van der Waals surface area contributed by atoms with E-state index >= 15 is 0 Å². The summed E-state index contributed by atoms with van der Waals surface area (Å²) in [4.78, 5) is 0. The molecule has 2 nitrogen and oxygen atoms in total. The largest absolute Gasteiger partial charge is 0.378 e. The molecule has 2 rings (SSSR count). The van der Waals surface area contributed by atoms with Gasteiger partial charge in [-0.25, -0.2) is 0 Å². The van der Waals surface area contributed by atoms with Crippen LogP contribution in [0.3, 0.4) is 0 Å². The molecule has 0 amide bonds. The van der Waals surface area contributed by atoms with Crippen LogP contribution < -0.4 is 5.32 Å². The summed E-state index contributed by atoms with van der Waals surface area (Å²) in [5.74, 6) is 0. The lowest BCUT2D eigenvalue weighted by Crippen LogP contribution is -2.62. The second-order valence-corrected chi connectivity index (χ2v) is 5.17. The first-order valence-corrected chi connectivity index (χ1v) is 6.74. The minimum Gasteiger partial charge on any atom is -0.378 e. The molecule has 0 aliphatic heterocycles. The van der Waals surface area contributed by atoms with E-state index in [1.165, 1.54) is 25.7 Å². The Balaban J connectivity index is 1.85. The van der Waals surface area contributed by atoms with Crippen molar-refractivity contribution in [3.63, 3.8) is 0 Å². The summed E-state index contributed by atoms with van der Waals surface area (Å²) in [5, 5.41) is 3.52. The van der Waals surface area contributed by atoms with Crippen LogP contribution in [-0.2, 0) is 4.74 Å². The average Bonchev–Trinajstić information content (AvgIpc) is 2.79. The van der Waals surface area contributed by atoms with Crippen molar-refractivity contribution in [1.29, 1.82) is 0 Å². The summed E-state index contributed by atoms with van der Waals surface area (Å²) < 4.78 is 17.9. The van der Waals surface area contributed by atoms with Crippen molar-refractivity contribution in [3.05, 3.63) is 0 Å². The highest BCUT2D eigenvalue weighted by molar-refractivity contribution is 5.09. The first kappa shape index (κ1) is 12.3. The van der Waals surface area contributed by atoms with E-state index in [0.29, 0.717) is 24.0 Å². The molecule has 1 spiro atoms. The van der Waals surface area contributed by atoms with Gasteiger partial charge in [0.25, 0.3) is 0 Å². The van der Waals surface area contributed by atoms with Crippen molar-refractivity contribution in [2.45, 2.75) is 57.6 Å². The molecule has 0 aromatic rings. The standard InChI is InChI=1S/C13H24FNO/c1-2-16-12-10-11(15-9-5-8-14)13(12)6-3-4-7-13/h11-12,15H,2-10H2,1H3. The van der Waals surface area contributed by atoms with Gasteiger partial charge in [0.2, 0.25) is 0 Å². The van der Waals surface area contributed by atoms with E-state index in [1.54, 1.807) is 0 Å². The number of halogens is 1. The van der Waals surface area contributed by atoms with Gasteiger partial charge >= 0.3 is 0 Å². The highest BCUT2D eigenvalue weighted by Crippen LogP contribution is 2.54. The molecule has 3 heteroatoms. The summed E-state index contributed by atoms with van der Waals surface area (Å²) in [6, 6.07) is 0.582. The van der Waals surface area contributed by atoms with E-state index in [-0.39, 0.29) is 6.67 Å². The van der Waals surface area contributed by atoms with Gasteiger partial charge in [-0.05, 0) is 39.2 Å². The third-order valence-corrected chi connectivity index (χ3v) is 4.39. The molecular weight excluding hydrogens is 205 g/mol. The predicted octanol–water partition coefficient (Wildman–Crippen LogP) is 2.67. The Hall–Kier alpha value is -0.150. The summed E-state index contributed by atoms with van der Waals surface area (Å²) in [6.07, 6.45) is 7.50. The predicted molar refractivity (Wildman–Crippen MR) is 63.3 cm³/mol. The van der Waals surface area contributed by atoms with Gasteiger partial charge in [0, 0.05) is 18.1 Å². The molecule has 2 aliphatic rings.